The van der Waals surface area contributed by atoms with E-state index in [1.807, 2.05) is 0 Å². The third-order valence-electron chi connectivity index (χ3n) is 5.92. The van der Waals surface area contributed by atoms with Crippen LogP contribution >= 0.6 is 11.8 Å². The Hall–Kier alpha value is -4.85. The molecule has 4 aromatic rings. The van der Waals surface area contributed by atoms with E-state index in [9.17, 15) is 27.6 Å². The maximum Gasteiger partial charge on any atom is 0.417 e. The summed E-state index contributed by atoms with van der Waals surface area (Å²) in [6.45, 7) is 1.68. The minimum absolute atomic E-state index is 0.0851. The highest BCUT2D eigenvalue weighted by molar-refractivity contribution is 7.99. The standard InChI is InChI=1S/C29H26F3N5O5S/c1-3-42-27(40)18-12-14-19(15-13-18)34-25(38)17-43-28-36-35-24(37(28)22-10-6-7-11-23(22)41-2)16-33-26(39)20-8-4-5-9-21(20)29(30,31)32/h4-15H,3,16-17H2,1-2H3,(H,33,39)(H,34,38). The highest BCUT2D eigenvalue weighted by Crippen LogP contribution is 2.32. The molecule has 2 N–H and O–H groups in total. The Labute approximate surface area is 248 Å². The zero-order valence-corrected chi connectivity index (χ0v) is 23.8. The molecule has 0 spiro atoms. The van der Waals surface area contributed by atoms with E-state index < -0.39 is 29.2 Å². The Morgan fingerprint density at radius 3 is 2.35 bits per heavy atom. The number of hydrogen-bond donors (Lipinski definition) is 2. The van der Waals surface area contributed by atoms with E-state index in [1.54, 1.807) is 47.9 Å². The molecular formula is C29H26F3N5O5S. The molecule has 0 saturated carbocycles. The molecule has 0 saturated heterocycles. The molecule has 1 aromatic heterocycles. The van der Waals surface area contributed by atoms with Crippen LogP contribution < -0.4 is 15.4 Å². The quantitative estimate of drug-likeness (QED) is 0.176. The summed E-state index contributed by atoms with van der Waals surface area (Å²) >= 11 is 1.05. The Kier molecular flexibility index (Phi) is 10.0. The number of hydrogen-bond acceptors (Lipinski definition) is 8. The zero-order chi connectivity index (χ0) is 31.0. The minimum atomic E-state index is -4.71. The lowest BCUT2D eigenvalue weighted by Crippen LogP contribution is -2.27. The molecule has 0 fully saturated rings. The fraction of sp³-hybridized carbons (Fsp3) is 0.207. The summed E-state index contributed by atoms with van der Waals surface area (Å²) in [5, 5.41) is 13.8. The van der Waals surface area contributed by atoms with Gasteiger partial charge in [0.2, 0.25) is 5.91 Å². The molecule has 0 unspecified atom stereocenters. The maximum atomic E-state index is 13.4. The fourth-order valence-electron chi connectivity index (χ4n) is 3.98. The van der Waals surface area contributed by atoms with Gasteiger partial charge < -0.3 is 20.1 Å². The molecule has 2 amide bonds. The number of esters is 1. The highest BCUT2D eigenvalue weighted by Gasteiger charge is 2.35. The first-order valence-electron chi connectivity index (χ1n) is 12.8. The van der Waals surface area contributed by atoms with Gasteiger partial charge in [-0.3, -0.25) is 14.2 Å². The van der Waals surface area contributed by atoms with Crippen LogP contribution in [0.4, 0.5) is 18.9 Å². The summed E-state index contributed by atoms with van der Waals surface area (Å²) in [7, 11) is 1.46. The van der Waals surface area contributed by atoms with Gasteiger partial charge in [0.15, 0.2) is 11.0 Å². The van der Waals surface area contributed by atoms with E-state index in [1.165, 1.54) is 31.4 Å². The molecule has 0 bridgehead atoms. The lowest BCUT2D eigenvalue weighted by Gasteiger charge is -2.15. The number of halogens is 3. The first kappa shape index (κ1) is 31.1. The summed E-state index contributed by atoms with van der Waals surface area (Å²) in [6.07, 6.45) is -4.71. The van der Waals surface area contributed by atoms with Gasteiger partial charge in [-0.2, -0.15) is 13.2 Å². The van der Waals surface area contributed by atoms with Crippen molar-refractivity contribution in [1.29, 1.82) is 0 Å². The third kappa shape index (κ3) is 7.71. The minimum Gasteiger partial charge on any atom is -0.495 e. The van der Waals surface area contributed by atoms with E-state index >= 15 is 0 Å². The Balaban J connectivity index is 1.51. The van der Waals surface area contributed by atoms with Crippen molar-refractivity contribution in [1.82, 2.24) is 20.1 Å². The number of amides is 2. The predicted molar refractivity (Wildman–Crippen MR) is 152 cm³/mol. The van der Waals surface area contributed by atoms with Gasteiger partial charge in [0.25, 0.3) is 5.91 Å². The van der Waals surface area contributed by atoms with Crippen molar-refractivity contribution in [3.63, 3.8) is 0 Å². The second-order valence-electron chi connectivity index (χ2n) is 8.77. The van der Waals surface area contributed by atoms with Gasteiger partial charge in [-0.25, -0.2) is 4.79 Å². The van der Waals surface area contributed by atoms with Gasteiger partial charge in [0, 0.05) is 5.69 Å². The molecule has 0 aliphatic heterocycles. The van der Waals surface area contributed by atoms with Crippen LogP contribution in [0.15, 0.2) is 78.0 Å². The summed E-state index contributed by atoms with van der Waals surface area (Å²) in [5.41, 5.74) is -0.281. The van der Waals surface area contributed by atoms with E-state index in [0.717, 1.165) is 23.9 Å². The molecule has 0 radical (unpaired) electrons. The number of rotatable bonds is 11. The topological polar surface area (TPSA) is 124 Å². The Morgan fingerprint density at radius 2 is 1.65 bits per heavy atom. The predicted octanol–water partition coefficient (Wildman–Crippen LogP) is 5.13. The van der Waals surface area contributed by atoms with Gasteiger partial charge in [0.05, 0.1) is 48.4 Å². The molecule has 0 aliphatic rings. The SMILES string of the molecule is CCOC(=O)c1ccc(NC(=O)CSc2nnc(CNC(=O)c3ccccc3C(F)(F)F)n2-c2ccccc2OC)cc1. The number of carbonyl (C=O) groups excluding carboxylic acids is 3. The summed E-state index contributed by atoms with van der Waals surface area (Å²) in [6, 6.07) is 17.6. The van der Waals surface area contributed by atoms with Crippen LogP contribution in [0.3, 0.4) is 0 Å². The average Bonchev–Trinajstić information content (AvgIpc) is 3.41. The number of nitrogens with one attached hydrogen (secondary N) is 2. The Bertz CT molecular complexity index is 1610. The smallest absolute Gasteiger partial charge is 0.417 e. The van der Waals surface area contributed by atoms with Crippen LogP contribution in [0.1, 0.15) is 39.0 Å². The van der Waals surface area contributed by atoms with E-state index in [0.29, 0.717) is 22.7 Å². The Morgan fingerprint density at radius 1 is 0.953 bits per heavy atom. The summed E-state index contributed by atoms with van der Waals surface area (Å²) in [5.74, 6) is -1.24. The first-order valence-corrected chi connectivity index (χ1v) is 13.8. The van der Waals surface area contributed by atoms with Crippen LogP contribution in [0.5, 0.6) is 5.75 Å². The molecule has 0 aliphatic carbocycles. The van der Waals surface area contributed by atoms with Crippen molar-refractivity contribution in [2.45, 2.75) is 24.8 Å². The van der Waals surface area contributed by atoms with Crippen LogP contribution in [0.25, 0.3) is 5.69 Å². The fourth-order valence-corrected chi connectivity index (χ4v) is 4.74. The van der Waals surface area contributed by atoms with Gasteiger partial charge in [0.1, 0.15) is 5.75 Å². The van der Waals surface area contributed by atoms with Crippen LogP contribution in [-0.4, -0.2) is 52.0 Å². The van der Waals surface area contributed by atoms with Crippen molar-refractivity contribution < 1.29 is 37.0 Å². The van der Waals surface area contributed by atoms with Gasteiger partial charge in [-0.05, 0) is 55.5 Å². The molecule has 4 rings (SSSR count). The largest absolute Gasteiger partial charge is 0.495 e. The van der Waals surface area contributed by atoms with Crippen molar-refractivity contribution in [3.05, 3.63) is 95.3 Å². The third-order valence-corrected chi connectivity index (χ3v) is 6.85. The number of nitrogens with zero attached hydrogens (tertiary/aromatic N) is 3. The van der Waals surface area contributed by atoms with Crippen LogP contribution in [0, 0.1) is 0 Å². The van der Waals surface area contributed by atoms with Gasteiger partial charge in [-0.1, -0.05) is 36.0 Å². The maximum absolute atomic E-state index is 13.4. The monoisotopic (exact) mass is 613 g/mol. The molecule has 0 atom stereocenters. The van der Waals surface area contributed by atoms with Crippen molar-refractivity contribution >= 4 is 35.2 Å². The van der Waals surface area contributed by atoms with Gasteiger partial charge in [-0.15, -0.1) is 10.2 Å². The number of ether oxygens (including phenoxy) is 2. The number of anilines is 1. The second kappa shape index (κ2) is 13.9. The number of benzene rings is 3. The van der Waals surface area contributed by atoms with E-state index in [4.69, 9.17) is 9.47 Å². The molecule has 10 nitrogen and oxygen atoms in total. The number of thioether (sulfide) groups is 1. The average molecular weight is 614 g/mol. The normalized spacial score (nSPS) is 11.1. The van der Waals surface area contributed by atoms with Crippen LogP contribution in [0.2, 0.25) is 0 Å². The number of aromatic nitrogens is 3. The second-order valence-corrected chi connectivity index (χ2v) is 9.71. The van der Waals surface area contributed by atoms with Crippen molar-refractivity contribution in [2.75, 3.05) is 24.8 Å². The molecule has 14 heteroatoms. The van der Waals surface area contributed by atoms with Gasteiger partial charge >= 0.3 is 12.1 Å². The van der Waals surface area contributed by atoms with Crippen molar-refractivity contribution in [3.8, 4) is 11.4 Å². The summed E-state index contributed by atoms with van der Waals surface area (Å²) in [4.78, 5) is 37.3. The van der Waals surface area contributed by atoms with E-state index in [2.05, 4.69) is 20.8 Å². The molecular weight excluding hydrogens is 587 g/mol. The number of para-hydroxylation sites is 2. The highest BCUT2D eigenvalue weighted by atomic mass is 32.2. The molecule has 43 heavy (non-hydrogen) atoms. The molecule has 1 heterocycles. The van der Waals surface area contributed by atoms with Crippen LogP contribution in [-0.2, 0) is 22.3 Å². The van der Waals surface area contributed by atoms with E-state index in [-0.39, 0.29) is 35.8 Å². The summed E-state index contributed by atoms with van der Waals surface area (Å²) < 4.78 is 52.3. The number of alkyl halides is 3. The number of methoxy groups -OCH3 is 1. The molecule has 3 aromatic carbocycles. The molecule has 224 valence electrons. The number of carbonyl (C=O) groups is 3. The zero-order valence-electron chi connectivity index (χ0n) is 23.0. The lowest BCUT2D eigenvalue weighted by molar-refractivity contribution is -0.138. The first-order chi connectivity index (χ1) is 20.6. The van der Waals surface area contributed by atoms with Crippen molar-refractivity contribution in [2.24, 2.45) is 0 Å². The lowest BCUT2D eigenvalue weighted by atomic mass is 10.1.